The SMILES string of the molecule is Cc1cc(Nc2nc(NC(C)(C)C)ncc2C)ccc1Cl.Cc1cnc(NC(C)(C)C)nc1Nc1ccccc1. The number of nitrogens with zero attached hydrogens (tertiary/aromatic N) is 4. The summed E-state index contributed by atoms with van der Waals surface area (Å²) in [5.74, 6) is 2.87. The third-order valence-electron chi connectivity index (χ3n) is 5.37. The highest BCUT2D eigenvalue weighted by Gasteiger charge is 2.14. The van der Waals surface area contributed by atoms with Gasteiger partial charge in [0.2, 0.25) is 11.9 Å². The third-order valence-corrected chi connectivity index (χ3v) is 5.80. The van der Waals surface area contributed by atoms with Gasteiger partial charge in [0.1, 0.15) is 11.6 Å². The second-order valence-corrected chi connectivity index (χ2v) is 12.2. The van der Waals surface area contributed by atoms with Crippen LogP contribution in [0, 0.1) is 20.8 Å². The summed E-state index contributed by atoms with van der Waals surface area (Å²) < 4.78 is 0. The molecule has 0 radical (unpaired) electrons. The molecule has 0 saturated heterocycles. The van der Waals surface area contributed by atoms with Gasteiger partial charge in [0.15, 0.2) is 0 Å². The van der Waals surface area contributed by atoms with Gasteiger partial charge in [0.25, 0.3) is 0 Å². The van der Waals surface area contributed by atoms with E-state index in [1.165, 1.54) is 0 Å². The smallest absolute Gasteiger partial charge is 0.225 e. The summed E-state index contributed by atoms with van der Waals surface area (Å²) in [5.41, 5.74) is 4.88. The first-order valence-electron chi connectivity index (χ1n) is 13.3. The van der Waals surface area contributed by atoms with Gasteiger partial charge in [-0.1, -0.05) is 29.8 Å². The van der Waals surface area contributed by atoms with Crippen molar-refractivity contribution in [3.63, 3.8) is 0 Å². The molecule has 0 saturated carbocycles. The first kappa shape index (κ1) is 30.6. The van der Waals surface area contributed by atoms with E-state index in [1.54, 1.807) is 0 Å². The number of aromatic nitrogens is 4. The van der Waals surface area contributed by atoms with E-state index in [1.807, 2.05) is 81.7 Å². The summed E-state index contributed by atoms with van der Waals surface area (Å²) in [7, 11) is 0. The number of aryl methyl sites for hydroxylation is 3. The van der Waals surface area contributed by atoms with Crippen LogP contribution in [0.2, 0.25) is 5.02 Å². The van der Waals surface area contributed by atoms with Crippen LogP contribution in [0.25, 0.3) is 0 Å². The van der Waals surface area contributed by atoms with E-state index in [4.69, 9.17) is 11.6 Å². The number of benzene rings is 2. The van der Waals surface area contributed by atoms with Crippen LogP contribution in [-0.4, -0.2) is 31.0 Å². The largest absolute Gasteiger partial charge is 0.350 e. The fraction of sp³-hybridized carbons (Fsp3) is 0.355. The first-order chi connectivity index (χ1) is 18.7. The molecule has 0 bridgehead atoms. The minimum atomic E-state index is -0.0800. The zero-order valence-electron chi connectivity index (χ0n) is 24.9. The van der Waals surface area contributed by atoms with Crippen LogP contribution in [-0.2, 0) is 0 Å². The number of anilines is 6. The Kier molecular flexibility index (Phi) is 9.93. The summed E-state index contributed by atoms with van der Waals surface area (Å²) in [4.78, 5) is 17.7. The van der Waals surface area contributed by atoms with Crippen molar-refractivity contribution in [3.05, 3.63) is 82.6 Å². The van der Waals surface area contributed by atoms with Crippen molar-refractivity contribution in [3.8, 4) is 0 Å². The maximum atomic E-state index is 6.05. The Balaban J connectivity index is 0.000000222. The van der Waals surface area contributed by atoms with Crippen LogP contribution in [0.3, 0.4) is 0 Å². The van der Waals surface area contributed by atoms with Crippen LogP contribution < -0.4 is 21.3 Å². The van der Waals surface area contributed by atoms with E-state index in [0.29, 0.717) is 11.9 Å². The lowest BCUT2D eigenvalue weighted by molar-refractivity contribution is 0.625. The van der Waals surface area contributed by atoms with Gasteiger partial charge in [-0.2, -0.15) is 9.97 Å². The number of nitrogens with one attached hydrogen (secondary N) is 4. The molecule has 0 aliphatic rings. The van der Waals surface area contributed by atoms with Gasteiger partial charge in [-0.3, -0.25) is 0 Å². The van der Waals surface area contributed by atoms with Gasteiger partial charge in [-0.15, -0.1) is 0 Å². The van der Waals surface area contributed by atoms with Crippen molar-refractivity contribution < 1.29 is 0 Å². The number of rotatable bonds is 6. The van der Waals surface area contributed by atoms with Gasteiger partial charge in [-0.25, -0.2) is 9.97 Å². The minimum absolute atomic E-state index is 0.0563. The lowest BCUT2D eigenvalue weighted by Gasteiger charge is -2.21. The topological polar surface area (TPSA) is 99.7 Å². The van der Waals surface area contributed by atoms with Crippen molar-refractivity contribution in [1.82, 2.24) is 19.9 Å². The Labute approximate surface area is 243 Å². The first-order valence-corrected chi connectivity index (χ1v) is 13.7. The Morgan fingerprint density at radius 2 is 1.07 bits per heavy atom. The predicted molar refractivity (Wildman–Crippen MR) is 169 cm³/mol. The fourth-order valence-corrected chi connectivity index (χ4v) is 3.56. The summed E-state index contributed by atoms with van der Waals surface area (Å²) in [6.07, 6.45) is 3.64. The molecule has 2 aromatic carbocycles. The monoisotopic (exact) mass is 560 g/mol. The zero-order chi connectivity index (χ0) is 29.5. The second-order valence-electron chi connectivity index (χ2n) is 11.8. The molecule has 0 amide bonds. The van der Waals surface area contributed by atoms with E-state index in [2.05, 4.69) is 82.7 Å². The standard InChI is InChI=1S/C16H21ClN4.C15H20N4/c1-10-8-12(6-7-13(10)17)19-14-11(2)9-18-15(20-14)21-16(3,4)5;1-11-10-16-14(19-15(2,3)4)18-13(11)17-12-8-6-5-7-9-12/h6-9H,1-5H3,(H2,18,19,20,21);5-10H,1-4H3,(H2,16,17,18,19). The highest BCUT2D eigenvalue weighted by Crippen LogP contribution is 2.24. The van der Waals surface area contributed by atoms with Gasteiger partial charge < -0.3 is 21.3 Å². The zero-order valence-corrected chi connectivity index (χ0v) is 25.7. The molecular formula is C31H41ClN8. The molecule has 40 heavy (non-hydrogen) atoms. The van der Waals surface area contributed by atoms with Gasteiger partial charge in [0.05, 0.1) is 0 Å². The molecular weight excluding hydrogens is 520 g/mol. The Hall–Kier alpha value is -3.91. The van der Waals surface area contributed by atoms with Crippen LogP contribution in [0.1, 0.15) is 58.2 Å². The fourth-order valence-electron chi connectivity index (χ4n) is 3.45. The number of halogens is 1. The van der Waals surface area contributed by atoms with Crippen molar-refractivity contribution in [2.24, 2.45) is 0 Å². The number of hydrogen-bond donors (Lipinski definition) is 4. The predicted octanol–water partition coefficient (Wildman–Crippen LogP) is 8.44. The molecule has 8 nitrogen and oxygen atoms in total. The van der Waals surface area contributed by atoms with Crippen molar-refractivity contribution >= 4 is 46.5 Å². The molecule has 0 unspecified atom stereocenters. The summed E-state index contributed by atoms with van der Waals surface area (Å²) >= 11 is 6.05. The molecule has 0 fully saturated rings. The van der Waals surface area contributed by atoms with Crippen molar-refractivity contribution in [2.75, 3.05) is 21.3 Å². The molecule has 0 aliphatic heterocycles. The molecule has 212 valence electrons. The molecule has 2 heterocycles. The van der Waals surface area contributed by atoms with Crippen molar-refractivity contribution in [1.29, 1.82) is 0 Å². The Bertz CT molecular complexity index is 1410. The normalized spacial score (nSPS) is 11.2. The number of hydrogen-bond acceptors (Lipinski definition) is 8. The minimum Gasteiger partial charge on any atom is -0.350 e. The van der Waals surface area contributed by atoms with Crippen molar-refractivity contribution in [2.45, 2.75) is 73.4 Å². The number of para-hydroxylation sites is 1. The van der Waals surface area contributed by atoms with Crippen LogP contribution in [0.4, 0.5) is 34.9 Å². The van der Waals surface area contributed by atoms with Gasteiger partial charge in [0, 0.05) is 51.0 Å². The van der Waals surface area contributed by atoms with E-state index in [9.17, 15) is 0 Å². The molecule has 9 heteroatoms. The average Bonchev–Trinajstić information content (AvgIpc) is 2.85. The van der Waals surface area contributed by atoms with E-state index in [-0.39, 0.29) is 11.1 Å². The molecule has 0 atom stereocenters. The van der Waals surface area contributed by atoms with Gasteiger partial charge >= 0.3 is 0 Å². The third kappa shape index (κ3) is 10.0. The molecule has 2 aromatic heterocycles. The van der Waals surface area contributed by atoms with Crippen LogP contribution in [0.5, 0.6) is 0 Å². The molecule has 4 N–H and O–H groups in total. The van der Waals surface area contributed by atoms with Crippen LogP contribution in [0.15, 0.2) is 60.9 Å². The summed E-state index contributed by atoms with van der Waals surface area (Å²) in [6, 6.07) is 15.8. The van der Waals surface area contributed by atoms with E-state index < -0.39 is 0 Å². The summed E-state index contributed by atoms with van der Waals surface area (Å²) in [6.45, 7) is 18.4. The molecule has 0 aliphatic carbocycles. The lowest BCUT2D eigenvalue weighted by atomic mass is 10.1. The highest BCUT2D eigenvalue weighted by atomic mass is 35.5. The Morgan fingerprint density at radius 1 is 0.600 bits per heavy atom. The maximum Gasteiger partial charge on any atom is 0.225 e. The maximum absolute atomic E-state index is 6.05. The quantitative estimate of drug-likeness (QED) is 0.186. The highest BCUT2D eigenvalue weighted by molar-refractivity contribution is 6.31. The lowest BCUT2D eigenvalue weighted by Crippen LogP contribution is -2.27. The Morgan fingerprint density at radius 3 is 1.52 bits per heavy atom. The van der Waals surface area contributed by atoms with Crippen LogP contribution >= 0.6 is 11.6 Å². The summed E-state index contributed by atoms with van der Waals surface area (Å²) in [5, 5.41) is 13.9. The molecule has 4 rings (SSSR count). The van der Waals surface area contributed by atoms with E-state index in [0.717, 1.165) is 44.7 Å². The second kappa shape index (κ2) is 13.0. The van der Waals surface area contributed by atoms with Gasteiger partial charge in [-0.05, 0) is 98.2 Å². The molecule has 0 spiro atoms. The average molecular weight is 561 g/mol. The van der Waals surface area contributed by atoms with E-state index >= 15 is 0 Å². The molecule has 4 aromatic rings.